The monoisotopic (exact) mass is 467 g/mol. The molecule has 0 unspecified atom stereocenters. The fourth-order valence-electron chi connectivity index (χ4n) is 4.03. The van der Waals surface area contributed by atoms with Gasteiger partial charge in [-0.3, -0.25) is 14.4 Å². The summed E-state index contributed by atoms with van der Waals surface area (Å²) in [7, 11) is 0. The highest BCUT2D eigenvalue weighted by Gasteiger charge is 2.23. The molecule has 0 aromatic carbocycles. The van der Waals surface area contributed by atoms with Crippen LogP contribution in [0.3, 0.4) is 0 Å². The summed E-state index contributed by atoms with van der Waals surface area (Å²) in [6.45, 7) is 7.49. The van der Waals surface area contributed by atoms with Gasteiger partial charge in [0.1, 0.15) is 23.6 Å². The average Bonchev–Trinajstić information content (AvgIpc) is 3.57. The molecule has 5 heterocycles. The third kappa shape index (κ3) is 4.74. The van der Waals surface area contributed by atoms with Crippen LogP contribution >= 0.6 is 11.3 Å². The van der Waals surface area contributed by atoms with Gasteiger partial charge < -0.3 is 13.9 Å². The van der Waals surface area contributed by atoms with Crippen LogP contribution in [0.4, 0.5) is 0 Å². The molecule has 4 aromatic heterocycles. The Morgan fingerprint density at radius 2 is 2.03 bits per heavy atom. The molecule has 4 aromatic rings. The number of aryl methyl sites for hydroxylation is 2. The van der Waals surface area contributed by atoms with Crippen LogP contribution in [0.15, 0.2) is 38.8 Å². The number of hydrogen-bond acceptors (Lipinski definition) is 9. The fourth-order valence-corrected chi connectivity index (χ4v) is 4.72. The SMILES string of the molecule is Cc1noc(C)c1-c1nc(CN2CCCN(C(=O)Cn3ccc(-c4cccs4)n3)CC2)no1. The Kier molecular flexibility index (Phi) is 6.05. The van der Waals surface area contributed by atoms with E-state index in [1.807, 2.05) is 48.5 Å². The van der Waals surface area contributed by atoms with Crippen LogP contribution < -0.4 is 0 Å². The Morgan fingerprint density at radius 1 is 1.12 bits per heavy atom. The Morgan fingerprint density at radius 3 is 2.82 bits per heavy atom. The van der Waals surface area contributed by atoms with E-state index in [0.29, 0.717) is 30.6 Å². The van der Waals surface area contributed by atoms with Gasteiger partial charge in [-0.15, -0.1) is 11.3 Å². The van der Waals surface area contributed by atoms with Gasteiger partial charge in [-0.25, -0.2) is 0 Å². The molecule has 0 spiro atoms. The van der Waals surface area contributed by atoms with E-state index in [1.54, 1.807) is 16.0 Å². The average molecular weight is 468 g/mol. The third-order valence-corrected chi connectivity index (χ3v) is 6.63. The second kappa shape index (κ2) is 9.28. The molecule has 0 aliphatic carbocycles. The molecule has 0 bridgehead atoms. The summed E-state index contributed by atoms with van der Waals surface area (Å²) in [6, 6.07) is 5.98. The number of carbonyl (C=O) groups excluding carboxylic acids is 1. The lowest BCUT2D eigenvalue weighted by molar-refractivity contribution is -0.131. The van der Waals surface area contributed by atoms with E-state index >= 15 is 0 Å². The summed E-state index contributed by atoms with van der Waals surface area (Å²) >= 11 is 1.64. The summed E-state index contributed by atoms with van der Waals surface area (Å²) < 4.78 is 12.3. The molecule has 1 fully saturated rings. The molecule has 5 rings (SSSR count). The van der Waals surface area contributed by atoms with Gasteiger partial charge in [0, 0.05) is 32.4 Å². The van der Waals surface area contributed by atoms with Crippen molar-refractivity contribution >= 4 is 17.2 Å². The van der Waals surface area contributed by atoms with E-state index in [2.05, 4.69) is 25.3 Å². The minimum Gasteiger partial charge on any atom is -0.361 e. The lowest BCUT2D eigenvalue weighted by Gasteiger charge is -2.21. The topological polar surface area (TPSA) is 106 Å². The normalized spacial score (nSPS) is 15.2. The predicted molar refractivity (Wildman–Crippen MR) is 121 cm³/mol. The number of carbonyl (C=O) groups is 1. The molecule has 10 nitrogen and oxygen atoms in total. The maximum atomic E-state index is 12.9. The second-order valence-electron chi connectivity index (χ2n) is 8.10. The second-order valence-corrected chi connectivity index (χ2v) is 9.05. The minimum atomic E-state index is 0.0814. The van der Waals surface area contributed by atoms with Crippen LogP contribution in [0, 0.1) is 13.8 Å². The van der Waals surface area contributed by atoms with Crippen LogP contribution in [0.5, 0.6) is 0 Å². The molecule has 0 atom stereocenters. The highest BCUT2D eigenvalue weighted by Crippen LogP contribution is 2.25. The van der Waals surface area contributed by atoms with Crippen molar-refractivity contribution in [2.45, 2.75) is 33.4 Å². The molecular weight excluding hydrogens is 442 g/mol. The van der Waals surface area contributed by atoms with E-state index in [4.69, 9.17) is 9.05 Å². The zero-order valence-corrected chi connectivity index (χ0v) is 19.4. The van der Waals surface area contributed by atoms with Gasteiger partial charge in [-0.2, -0.15) is 10.1 Å². The smallest absolute Gasteiger partial charge is 0.263 e. The predicted octanol–water partition coefficient (Wildman–Crippen LogP) is 3.00. The number of hydrogen-bond donors (Lipinski definition) is 0. The van der Waals surface area contributed by atoms with E-state index in [-0.39, 0.29) is 12.5 Å². The van der Waals surface area contributed by atoms with E-state index in [0.717, 1.165) is 47.9 Å². The van der Waals surface area contributed by atoms with Gasteiger partial charge in [0.15, 0.2) is 5.82 Å². The highest BCUT2D eigenvalue weighted by atomic mass is 32.1. The molecule has 0 radical (unpaired) electrons. The van der Waals surface area contributed by atoms with Gasteiger partial charge in [-0.05, 0) is 37.8 Å². The maximum absolute atomic E-state index is 12.9. The van der Waals surface area contributed by atoms with E-state index < -0.39 is 0 Å². The molecule has 0 saturated carbocycles. The third-order valence-electron chi connectivity index (χ3n) is 5.73. The van der Waals surface area contributed by atoms with Crippen LogP contribution in [-0.2, 0) is 17.9 Å². The number of amides is 1. The quantitative estimate of drug-likeness (QED) is 0.426. The summed E-state index contributed by atoms with van der Waals surface area (Å²) in [6.07, 6.45) is 2.75. The molecule has 1 amide bonds. The van der Waals surface area contributed by atoms with Gasteiger partial charge >= 0.3 is 0 Å². The van der Waals surface area contributed by atoms with E-state index in [1.165, 1.54) is 0 Å². The number of rotatable bonds is 6. The summed E-state index contributed by atoms with van der Waals surface area (Å²) in [5, 5.41) is 14.6. The van der Waals surface area contributed by atoms with Gasteiger partial charge in [-0.1, -0.05) is 16.4 Å². The molecule has 33 heavy (non-hydrogen) atoms. The number of thiophene rings is 1. The number of aromatic nitrogens is 5. The van der Waals surface area contributed by atoms with Crippen molar-refractivity contribution in [1.82, 2.24) is 34.9 Å². The molecule has 1 aliphatic heterocycles. The van der Waals surface area contributed by atoms with Crippen molar-refractivity contribution in [1.29, 1.82) is 0 Å². The largest absolute Gasteiger partial charge is 0.361 e. The van der Waals surface area contributed by atoms with Crippen molar-refractivity contribution in [2.75, 3.05) is 26.2 Å². The van der Waals surface area contributed by atoms with E-state index in [9.17, 15) is 4.79 Å². The minimum absolute atomic E-state index is 0.0814. The summed E-state index contributed by atoms with van der Waals surface area (Å²) in [4.78, 5) is 22.7. The zero-order valence-electron chi connectivity index (χ0n) is 18.6. The van der Waals surface area contributed by atoms with Crippen molar-refractivity contribution in [3.05, 3.63) is 47.1 Å². The first kappa shape index (κ1) is 21.5. The first-order valence-corrected chi connectivity index (χ1v) is 11.8. The molecule has 11 heteroatoms. The molecule has 0 N–H and O–H groups in total. The van der Waals surface area contributed by atoms with Crippen LogP contribution in [0.25, 0.3) is 22.0 Å². The summed E-state index contributed by atoms with van der Waals surface area (Å²) in [5.41, 5.74) is 2.38. The lowest BCUT2D eigenvalue weighted by atomic mass is 10.2. The van der Waals surface area contributed by atoms with Crippen molar-refractivity contribution in [3.63, 3.8) is 0 Å². The first-order chi connectivity index (χ1) is 16.1. The fraction of sp³-hybridized carbons (Fsp3) is 0.409. The van der Waals surface area contributed by atoms with Crippen LogP contribution in [0.1, 0.15) is 23.7 Å². The Balaban J connectivity index is 1.16. The van der Waals surface area contributed by atoms with Crippen molar-refractivity contribution in [3.8, 4) is 22.0 Å². The van der Waals surface area contributed by atoms with Crippen LogP contribution in [0.2, 0.25) is 0 Å². The Labute approximate surface area is 194 Å². The first-order valence-electron chi connectivity index (χ1n) is 10.9. The standard InChI is InChI=1S/C22H25N7O3S/c1-15-21(16(2)31-25-15)22-23-19(26-32-22)13-27-7-4-8-28(11-10-27)20(30)14-29-9-6-17(24-29)18-5-3-12-33-18/h3,5-6,9,12H,4,7-8,10-11,13-14H2,1-2H3. The molecule has 1 saturated heterocycles. The Hall–Kier alpha value is -3.31. The summed E-state index contributed by atoms with van der Waals surface area (Å²) in [5.74, 6) is 1.78. The highest BCUT2D eigenvalue weighted by molar-refractivity contribution is 7.13. The van der Waals surface area contributed by atoms with Crippen LogP contribution in [-0.4, -0.2) is 67.0 Å². The van der Waals surface area contributed by atoms with Gasteiger partial charge in [0.05, 0.1) is 17.1 Å². The molecule has 1 aliphatic rings. The maximum Gasteiger partial charge on any atom is 0.263 e. The molecule has 172 valence electrons. The lowest BCUT2D eigenvalue weighted by Crippen LogP contribution is -2.37. The van der Waals surface area contributed by atoms with Gasteiger partial charge in [0.2, 0.25) is 5.91 Å². The van der Waals surface area contributed by atoms with Gasteiger partial charge in [0.25, 0.3) is 5.89 Å². The molecular formula is C22H25N7O3S. The van der Waals surface area contributed by atoms with Crippen molar-refractivity contribution in [2.24, 2.45) is 0 Å². The number of nitrogens with zero attached hydrogens (tertiary/aromatic N) is 7. The van der Waals surface area contributed by atoms with Crippen molar-refractivity contribution < 1.29 is 13.8 Å². The Bertz CT molecular complexity index is 1210. The zero-order chi connectivity index (χ0) is 22.8.